The van der Waals surface area contributed by atoms with Gasteiger partial charge in [-0.15, -0.1) is 0 Å². The van der Waals surface area contributed by atoms with Crippen LogP contribution in [-0.2, 0) is 4.79 Å². The minimum absolute atomic E-state index is 0.136. The van der Waals surface area contributed by atoms with Gasteiger partial charge < -0.3 is 16.0 Å². The lowest BCUT2D eigenvalue weighted by Gasteiger charge is -2.17. The second-order valence-electron chi connectivity index (χ2n) is 5.55. The molecule has 2 aromatic carbocycles. The first-order chi connectivity index (χ1) is 11.4. The minimum Gasteiger partial charge on any atom is -0.331 e. The SMILES string of the molecule is CC(=O)Nc1ccc(NC(=O)NC(C)c2ccccc2C)c(Cl)c1. The van der Waals surface area contributed by atoms with Crippen LogP contribution in [0.25, 0.3) is 0 Å². The Bertz CT molecular complexity index is 762. The Labute approximate surface area is 146 Å². The molecule has 6 heteroatoms. The van der Waals surface area contributed by atoms with E-state index in [2.05, 4.69) is 16.0 Å². The first-order valence-electron chi connectivity index (χ1n) is 7.57. The van der Waals surface area contributed by atoms with Crippen molar-refractivity contribution in [3.05, 3.63) is 58.6 Å². The molecule has 126 valence electrons. The Balaban J connectivity index is 2.02. The lowest BCUT2D eigenvalue weighted by atomic mass is 10.0. The van der Waals surface area contributed by atoms with Gasteiger partial charge in [0.05, 0.1) is 16.8 Å². The molecule has 0 bridgehead atoms. The molecular formula is C18H20ClN3O2. The van der Waals surface area contributed by atoms with Crippen LogP contribution in [0.1, 0.15) is 31.0 Å². The predicted molar refractivity (Wildman–Crippen MR) is 97.5 cm³/mol. The van der Waals surface area contributed by atoms with Gasteiger partial charge in [0.2, 0.25) is 5.91 Å². The number of rotatable bonds is 4. The highest BCUT2D eigenvalue weighted by atomic mass is 35.5. The number of hydrogen-bond acceptors (Lipinski definition) is 2. The summed E-state index contributed by atoms with van der Waals surface area (Å²) >= 11 is 6.14. The van der Waals surface area contributed by atoms with E-state index < -0.39 is 0 Å². The van der Waals surface area contributed by atoms with E-state index in [-0.39, 0.29) is 18.0 Å². The summed E-state index contributed by atoms with van der Waals surface area (Å²) in [4.78, 5) is 23.2. The van der Waals surface area contributed by atoms with E-state index in [1.54, 1.807) is 18.2 Å². The van der Waals surface area contributed by atoms with Gasteiger partial charge in [0.15, 0.2) is 0 Å². The van der Waals surface area contributed by atoms with Gasteiger partial charge in [-0.3, -0.25) is 4.79 Å². The third kappa shape index (κ3) is 4.73. The molecule has 0 heterocycles. The van der Waals surface area contributed by atoms with Crippen LogP contribution in [0.4, 0.5) is 16.2 Å². The first kappa shape index (κ1) is 17.8. The highest BCUT2D eigenvalue weighted by Gasteiger charge is 2.12. The highest BCUT2D eigenvalue weighted by Crippen LogP contribution is 2.26. The number of benzene rings is 2. The maximum atomic E-state index is 12.2. The van der Waals surface area contributed by atoms with Crippen LogP contribution in [0.15, 0.2) is 42.5 Å². The Morgan fingerprint density at radius 3 is 2.42 bits per heavy atom. The van der Waals surface area contributed by atoms with E-state index in [9.17, 15) is 9.59 Å². The van der Waals surface area contributed by atoms with E-state index in [4.69, 9.17) is 11.6 Å². The number of hydrogen-bond donors (Lipinski definition) is 3. The third-order valence-corrected chi connectivity index (χ3v) is 3.85. The first-order valence-corrected chi connectivity index (χ1v) is 7.95. The van der Waals surface area contributed by atoms with E-state index >= 15 is 0 Å². The van der Waals surface area contributed by atoms with Crippen LogP contribution in [0.3, 0.4) is 0 Å². The monoisotopic (exact) mass is 345 g/mol. The Morgan fingerprint density at radius 1 is 1.08 bits per heavy atom. The standard InChI is InChI=1S/C18H20ClN3O2/c1-11-6-4-5-7-15(11)12(2)20-18(24)22-17-9-8-14(10-16(17)19)21-13(3)23/h4-10,12H,1-3H3,(H,21,23)(H2,20,22,24). The van der Waals surface area contributed by atoms with Crippen molar-refractivity contribution in [2.75, 3.05) is 10.6 Å². The molecule has 0 aliphatic heterocycles. The number of aryl methyl sites for hydroxylation is 1. The Kier molecular flexibility index (Phi) is 5.82. The number of carbonyl (C=O) groups excluding carboxylic acids is 2. The zero-order chi connectivity index (χ0) is 17.7. The molecule has 0 saturated carbocycles. The summed E-state index contributed by atoms with van der Waals surface area (Å²) in [6.45, 7) is 5.34. The molecule has 3 amide bonds. The summed E-state index contributed by atoms with van der Waals surface area (Å²) in [6, 6.07) is 12.3. The Morgan fingerprint density at radius 2 is 1.79 bits per heavy atom. The van der Waals surface area contributed by atoms with Crippen LogP contribution in [0.5, 0.6) is 0 Å². The summed E-state index contributed by atoms with van der Waals surface area (Å²) in [7, 11) is 0. The smallest absolute Gasteiger partial charge is 0.319 e. The van der Waals surface area contributed by atoms with Crippen molar-refractivity contribution < 1.29 is 9.59 Å². The highest BCUT2D eigenvalue weighted by molar-refractivity contribution is 6.34. The van der Waals surface area contributed by atoms with Gasteiger partial charge in [-0.25, -0.2) is 4.79 Å². The van der Waals surface area contributed by atoms with E-state index in [1.807, 2.05) is 38.1 Å². The number of carbonyl (C=O) groups is 2. The van der Waals surface area contributed by atoms with Crippen molar-refractivity contribution in [3.63, 3.8) is 0 Å². The molecule has 2 aromatic rings. The Hall–Kier alpha value is -2.53. The summed E-state index contributed by atoms with van der Waals surface area (Å²) in [6.07, 6.45) is 0. The summed E-state index contributed by atoms with van der Waals surface area (Å²) in [5.74, 6) is -0.184. The lowest BCUT2D eigenvalue weighted by Crippen LogP contribution is -2.31. The predicted octanol–water partition coefficient (Wildman–Crippen LogP) is 4.49. The van der Waals surface area contributed by atoms with Crippen LogP contribution < -0.4 is 16.0 Å². The lowest BCUT2D eigenvalue weighted by molar-refractivity contribution is -0.114. The van der Waals surface area contributed by atoms with Crippen molar-refractivity contribution in [3.8, 4) is 0 Å². The van der Waals surface area contributed by atoms with Crippen LogP contribution >= 0.6 is 11.6 Å². The zero-order valence-corrected chi connectivity index (χ0v) is 14.6. The van der Waals surface area contributed by atoms with Gasteiger partial charge in [-0.2, -0.15) is 0 Å². The number of anilines is 2. The number of urea groups is 1. The number of nitrogens with one attached hydrogen (secondary N) is 3. The molecule has 0 aromatic heterocycles. The normalized spacial score (nSPS) is 11.5. The number of amides is 3. The molecule has 2 rings (SSSR count). The molecule has 0 radical (unpaired) electrons. The van der Waals surface area contributed by atoms with Gasteiger partial charge in [0.1, 0.15) is 0 Å². The molecule has 0 saturated heterocycles. The van der Waals surface area contributed by atoms with Gasteiger partial charge in [-0.1, -0.05) is 35.9 Å². The third-order valence-electron chi connectivity index (χ3n) is 3.54. The average Bonchev–Trinajstić information content (AvgIpc) is 2.49. The molecule has 3 N–H and O–H groups in total. The largest absolute Gasteiger partial charge is 0.331 e. The summed E-state index contributed by atoms with van der Waals surface area (Å²) in [5.41, 5.74) is 3.22. The minimum atomic E-state index is -0.347. The van der Waals surface area contributed by atoms with E-state index in [1.165, 1.54) is 6.92 Å². The van der Waals surface area contributed by atoms with Crippen LogP contribution in [0, 0.1) is 6.92 Å². The van der Waals surface area contributed by atoms with Gasteiger partial charge in [0, 0.05) is 12.6 Å². The fourth-order valence-electron chi connectivity index (χ4n) is 2.40. The van der Waals surface area contributed by atoms with Crippen molar-refractivity contribution >= 4 is 34.9 Å². The quantitative estimate of drug-likeness (QED) is 0.764. The second kappa shape index (κ2) is 7.84. The zero-order valence-electron chi connectivity index (χ0n) is 13.8. The van der Waals surface area contributed by atoms with E-state index in [0.29, 0.717) is 16.4 Å². The molecular weight excluding hydrogens is 326 g/mol. The summed E-state index contributed by atoms with van der Waals surface area (Å²) < 4.78 is 0. The average molecular weight is 346 g/mol. The van der Waals surface area contributed by atoms with Crippen molar-refractivity contribution in [1.29, 1.82) is 0 Å². The van der Waals surface area contributed by atoms with Gasteiger partial charge >= 0.3 is 6.03 Å². The maximum Gasteiger partial charge on any atom is 0.319 e. The molecule has 0 aliphatic rings. The number of halogens is 1. The molecule has 24 heavy (non-hydrogen) atoms. The fourth-order valence-corrected chi connectivity index (χ4v) is 2.63. The van der Waals surface area contributed by atoms with Crippen molar-refractivity contribution in [2.45, 2.75) is 26.8 Å². The maximum absolute atomic E-state index is 12.2. The van der Waals surface area contributed by atoms with Crippen molar-refractivity contribution in [1.82, 2.24) is 5.32 Å². The van der Waals surface area contributed by atoms with E-state index in [0.717, 1.165) is 11.1 Å². The molecule has 1 unspecified atom stereocenters. The van der Waals surface area contributed by atoms with Gasteiger partial charge in [-0.05, 0) is 43.2 Å². The molecule has 1 atom stereocenters. The molecule has 5 nitrogen and oxygen atoms in total. The molecule has 0 fully saturated rings. The molecule has 0 aliphatic carbocycles. The summed E-state index contributed by atoms with van der Waals surface area (Å²) in [5, 5.41) is 8.58. The second-order valence-corrected chi connectivity index (χ2v) is 5.96. The fraction of sp³-hybridized carbons (Fsp3) is 0.222. The van der Waals surface area contributed by atoms with Crippen LogP contribution in [-0.4, -0.2) is 11.9 Å². The topological polar surface area (TPSA) is 70.2 Å². The van der Waals surface area contributed by atoms with Crippen molar-refractivity contribution in [2.24, 2.45) is 0 Å². The van der Waals surface area contributed by atoms with Crippen LogP contribution in [0.2, 0.25) is 5.02 Å². The molecule has 0 spiro atoms. The van der Waals surface area contributed by atoms with Gasteiger partial charge in [0.25, 0.3) is 0 Å².